The Morgan fingerprint density at radius 1 is 0.291 bits per heavy atom. The molecule has 608 valence electrons. The zero-order valence-electron chi connectivity index (χ0n) is 70.0. The summed E-state index contributed by atoms with van der Waals surface area (Å²) in [4.78, 5) is 37.7. The van der Waals surface area contributed by atoms with Crippen LogP contribution in [0.1, 0.15) is 489 Å². The maximum Gasteiger partial charge on any atom is 0.306 e. The van der Waals surface area contributed by atoms with E-state index in [0.717, 1.165) is 51.4 Å². The molecule has 9 nitrogen and oxygen atoms in total. The van der Waals surface area contributed by atoms with Gasteiger partial charge >= 0.3 is 11.9 Å². The van der Waals surface area contributed by atoms with Gasteiger partial charge in [-0.25, -0.2) is 0 Å². The van der Waals surface area contributed by atoms with E-state index in [1.165, 1.54) is 411 Å². The van der Waals surface area contributed by atoms with Crippen molar-refractivity contribution < 1.29 is 42.9 Å². The van der Waals surface area contributed by atoms with Crippen LogP contribution in [-0.4, -0.2) is 82.3 Å². The molecule has 103 heavy (non-hydrogen) atoms. The molecule has 0 fully saturated rings. The van der Waals surface area contributed by atoms with Crippen molar-refractivity contribution in [2.45, 2.75) is 501 Å². The highest BCUT2D eigenvalue weighted by Gasteiger charge is 2.22. The summed E-state index contributed by atoms with van der Waals surface area (Å²) in [5.41, 5.74) is 0. The normalized spacial score (nSPS) is 12.7. The van der Waals surface area contributed by atoms with E-state index in [4.69, 9.17) is 18.9 Å². The summed E-state index contributed by atoms with van der Waals surface area (Å²) >= 11 is 0. The maximum absolute atomic E-state index is 13.0. The molecule has 0 saturated carbocycles. The fraction of sp³-hybridized carbons (Fsp3) is 0.904. The van der Waals surface area contributed by atoms with Crippen LogP contribution in [0.15, 0.2) is 36.5 Å². The Balaban J connectivity index is 3.88. The fourth-order valence-electron chi connectivity index (χ4n) is 14.4. The number of hydrogen-bond donors (Lipinski definition) is 0. The highest BCUT2D eigenvalue weighted by atomic mass is 16.7. The van der Waals surface area contributed by atoms with Crippen molar-refractivity contribution in [3.63, 3.8) is 0 Å². The Kier molecular flexibility index (Phi) is 83.1. The Hall–Kier alpha value is -2.49. The van der Waals surface area contributed by atoms with Crippen LogP contribution in [0, 0.1) is 0 Å². The highest BCUT2D eigenvalue weighted by Crippen LogP contribution is 2.21. The van der Waals surface area contributed by atoms with Gasteiger partial charge in [-0.1, -0.05) is 461 Å². The Morgan fingerprint density at radius 2 is 0.524 bits per heavy atom. The van der Waals surface area contributed by atoms with E-state index in [9.17, 15) is 19.5 Å². The molecule has 0 aliphatic carbocycles. The third kappa shape index (κ3) is 86.6. The molecule has 0 amide bonds. The van der Waals surface area contributed by atoms with Crippen molar-refractivity contribution in [2.24, 2.45) is 0 Å². The molecular weight excluding hydrogens is 1270 g/mol. The minimum Gasteiger partial charge on any atom is -0.545 e. The molecule has 0 heterocycles. The number of ether oxygens (including phenoxy) is 4. The minimum atomic E-state index is -1.62. The molecule has 0 N–H and O–H groups in total. The van der Waals surface area contributed by atoms with Crippen molar-refractivity contribution in [2.75, 3.05) is 47.5 Å². The van der Waals surface area contributed by atoms with Crippen LogP contribution in [0.4, 0.5) is 0 Å². The zero-order valence-corrected chi connectivity index (χ0v) is 70.0. The molecule has 0 aliphatic heterocycles. The zero-order chi connectivity index (χ0) is 74.6. The molecule has 9 heteroatoms. The van der Waals surface area contributed by atoms with Crippen LogP contribution in [0.25, 0.3) is 0 Å². The molecule has 0 radical (unpaired) electrons. The van der Waals surface area contributed by atoms with Crippen molar-refractivity contribution >= 4 is 17.9 Å². The number of rotatable bonds is 88. The number of likely N-dealkylation sites (N-methyl/N-ethyl adjacent to an activating group) is 1. The van der Waals surface area contributed by atoms with Crippen LogP contribution < -0.4 is 5.11 Å². The molecule has 0 bridgehead atoms. The van der Waals surface area contributed by atoms with Crippen LogP contribution in [-0.2, 0) is 33.3 Å². The van der Waals surface area contributed by atoms with Gasteiger partial charge in [-0.3, -0.25) is 9.59 Å². The summed E-state index contributed by atoms with van der Waals surface area (Å²) in [5, 5.41) is 11.9. The van der Waals surface area contributed by atoms with Gasteiger partial charge < -0.3 is 33.3 Å². The van der Waals surface area contributed by atoms with E-state index in [0.29, 0.717) is 17.4 Å². The monoisotopic (exact) mass is 1450 g/mol. The number of carboxylic acid groups (broad SMARTS) is 1. The number of carboxylic acids is 1. The minimum absolute atomic E-state index is 0.152. The second kappa shape index (κ2) is 85.1. The van der Waals surface area contributed by atoms with Crippen LogP contribution >= 0.6 is 0 Å². The number of aliphatic carboxylic acids is 1. The molecule has 0 aromatic carbocycles. The smallest absolute Gasteiger partial charge is 0.306 e. The lowest BCUT2D eigenvalue weighted by Crippen LogP contribution is -2.44. The number of esters is 2. The van der Waals surface area contributed by atoms with Crippen molar-refractivity contribution in [1.82, 2.24) is 0 Å². The summed E-state index contributed by atoms with van der Waals surface area (Å²) in [6.45, 7) is 4.83. The van der Waals surface area contributed by atoms with Crippen LogP contribution in [0.2, 0.25) is 0 Å². The number of nitrogens with zero attached hydrogens (tertiary/aromatic N) is 1. The van der Waals surface area contributed by atoms with E-state index in [2.05, 4.69) is 50.3 Å². The van der Waals surface area contributed by atoms with Gasteiger partial charge in [-0.05, 0) is 51.4 Å². The van der Waals surface area contributed by atoms with Crippen molar-refractivity contribution in [3.05, 3.63) is 36.5 Å². The van der Waals surface area contributed by atoms with Gasteiger partial charge in [0.1, 0.15) is 13.2 Å². The lowest BCUT2D eigenvalue weighted by atomic mass is 10.0. The summed E-state index contributed by atoms with van der Waals surface area (Å²) in [6, 6.07) is 0. The molecular formula is C94H179NO8. The summed E-state index contributed by atoms with van der Waals surface area (Å²) in [7, 11) is 5.96. The van der Waals surface area contributed by atoms with Gasteiger partial charge in [0, 0.05) is 12.8 Å². The van der Waals surface area contributed by atoms with Gasteiger partial charge in [0.15, 0.2) is 12.4 Å². The summed E-state index contributed by atoms with van der Waals surface area (Å²) in [5.74, 6) is -2.24. The predicted octanol–water partition coefficient (Wildman–Crippen LogP) is 28.8. The number of allylic oxidation sites excluding steroid dienone is 6. The lowest BCUT2D eigenvalue weighted by Gasteiger charge is -2.26. The molecule has 0 rings (SSSR count). The van der Waals surface area contributed by atoms with E-state index < -0.39 is 24.3 Å². The standard InChI is InChI=1S/C94H179NO8/c1-6-8-10-12-14-16-18-20-22-24-26-28-30-32-34-36-38-40-42-44-45-46-47-49-51-53-55-57-59-61-63-65-67-69-71-73-75-77-79-81-83-85-92(97)103-90(89-102-94(93(98)99)100-87-86-95(3,4)5)88-101-91(96)84-82-80-78-76-74-72-70-68-66-64-62-60-58-56-54-52-50-48-43-41-39-37-35-33-31-29-27-25-23-21-19-17-15-13-11-9-7-2/h18,20,24,26,30,32,90,94H,6-17,19,21-23,25,27-29,31,33-89H2,1-5H3/b20-18-,26-24-,32-30-. The summed E-state index contributed by atoms with van der Waals surface area (Å²) in [6.07, 6.45) is 109. The first-order valence-electron chi connectivity index (χ1n) is 46.1. The maximum atomic E-state index is 13.0. The average Bonchev–Trinajstić information content (AvgIpc) is 1.01. The second-order valence-corrected chi connectivity index (χ2v) is 33.0. The summed E-state index contributed by atoms with van der Waals surface area (Å²) < 4.78 is 22.9. The first-order chi connectivity index (χ1) is 50.6. The molecule has 2 atom stereocenters. The van der Waals surface area contributed by atoms with Crippen molar-refractivity contribution in [1.29, 1.82) is 0 Å². The first-order valence-corrected chi connectivity index (χ1v) is 46.1. The molecule has 0 saturated heterocycles. The predicted molar refractivity (Wildman–Crippen MR) is 445 cm³/mol. The molecule has 0 spiro atoms. The third-order valence-electron chi connectivity index (χ3n) is 21.4. The first kappa shape index (κ1) is 101. The molecule has 2 unspecified atom stereocenters. The number of unbranched alkanes of at least 4 members (excludes halogenated alkanes) is 67. The van der Waals surface area contributed by atoms with Crippen LogP contribution in [0.5, 0.6) is 0 Å². The quantitative estimate of drug-likeness (QED) is 0.0195. The van der Waals surface area contributed by atoms with Gasteiger partial charge in [-0.15, -0.1) is 0 Å². The van der Waals surface area contributed by atoms with Crippen LogP contribution in [0.3, 0.4) is 0 Å². The van der Waals surface area contributed by atoms with E-state index in [1.54, 1.807) is 0 Å². The van der Waals surface area contributed by atoms with E-state index in [-0.39, 0.29) is 32.2 Å². The Bertz CT molecular complexity index is 1790. The van der Waals surface area contributed by atoms with Gasteiger partial charge in [0.25, 0.3) is 0 Å². The Labute approximate surface area is 642 Å². The topological polar surface area (TPSA) is 111 Å². The number of quaternary nitrogens is 1. The number of carbonyl (C=O) groups is 3. The number of hydrogen-bond acceptors (Lipinski definition) is 8. The molecule has 0 aromatic rings. The fourth-order valence-corrected chi connectivity index (χ4v) is 14.4. The highest BCUT2D eigenvalue weighted by molar-refractivity contribution is 5.70. The molecule has 0 aromatic heterocycles. The van der Waals surface area contributed by atoms with E-state index >= 15 is 0 Å². The lowest BCUT2D eigenvalue weighted by molar-refractivity contribution is -0.870. The van der Waals surface area contributed by atoms with Crippen molar-refractivity contribution in [3.8, 4) is 0 Å². The largest absolute Gasteiger partial charge is 0.545 e. The third-order valence-corrected chi connectivity index (χ3v) is 21.4. The van der Waals surface area contributed by atoms with Gasteiger partial charge in [-0.2, -0.15) is 0 Å². The van der Waals surface area contributed by atoms with E-state index in [1.807, 2.05) is 21.1 Å². The average molecular weight is 1450 g/mol. The number of carbonyl (C=O) groups excluding carboxylic acids is 3. The molecule has 0 aliphatic rings. The second-order valence-electron chi connectivity index (χ2n) is 33.0. The SMILES string of the molecule is CCCCCCC/C=C\C/C=C\C/C=C\CCCCCCCCCCCCCCCCCCCCCCCCCCCCC(=O)OC(COC(=O)CCCCCCCCCCCCCCCCCCCCCCCCCCCCCCCCCCCCCCC)COC(OCC[N+](C)(C)C)C(=O)[O-]. The Morgan fingerprint density at radius 3 is 0.777 bits per heavy atom. The van der Waals surface area contributed by atoms with Gasteiger partial charge in [0.2, 0.25) is 0 Å². The van der Waals surface area contributed by atoms with Gasteiger partial charge in [0.05, 0.1) is 40.3 Å².